The van der Waals surface area contributed by atoms with Gasteiger partial charge in [0.1, 0.15) is 5.75 Å². The molecule has 0 aliphatic rings. The van der Waals surface area contributed by atoms with Crippen LogP contribution in [0.1, 0.15) is 18.6 Å². The van der Waals surface area contributed by atoms with E-state index in [-0.39, 0.29) is 12.5 Å². The van der Waals surface area contributed by atoms with Gasteiger partial charge in [-0.05, 0) is 25.1 Å². The molecular weight excluding hydrogens is 254 g/mol. The highest BCUT2D eigenvalue weighted by Gasteiger charge is 2.10. The Morgan fingerprint density at radius 3 is 2.50 bits per heavy atom. The van der Waals surface area contributed by atoms with Crippen LogP contribution in [0.5, 0.6) is 5.75 Å². The second kappa shape index (κ2) is 6.73. The number of anilines is 1. The number of hydrogen-bond donors (Lipinski definition) is 2. The summed E-state index contributed by atoms with van der Waals surface area (Å²) < 4.78 is 5.46. The molecule has 0 bridgehead atoms. The van der Waals surface area contributed by atoms with Crippen LogP contribution in [0.15, 0.2) is 54.6 Å². The Morgan fingerprint density at radius 2 is 1.80 bits per heavy atom. The zero-order valence-corrected chi connectivity index (χ0v) is 11.2. The Morgan fingerprint density at radius 1 is 1.15 bits per heavy atom. The van der Waals surface area contributed by atoms with E-state index in [4.69, 9.17) is 4.74 Å². The summed E-state index contributed by atoms with van der Waals surface area (Å²) in [5, 5.41) is 12.4. The first-order chi connectivity index (χ1) is 9.66. The molecule has 20 heavy (non-hydrogen) atoms. The molecule has 0 aliphatic carbocycles. The Kier molecular flexibility index (Phi) is 4.74. The van der Waals surface area contributed by atoms with E-state index in [0.717, 1.165) is 5.69 Å². The van der Waals surface area contributed by atoms with E-state index in [1.54, 1.807) is 25.1 Å². The lowest BCUT2D eigenvalue weighted by Gasteiger charge is -2.13. The van der Waals surface area contributed by atoms with Crippen molar-refractivity contribution in [3.8, 4) is 5.75 Å². The molecule has 0 spiro atoms. The average molecular weight is 271 g/mol. The second-order valence-corrected chi connectivity index (χ2v) is 4.42. The van der Waals surface area contributed by atoms with Gasteiger partial charge in [0.25, 0.3) is 5.91 Å². The molecule has 0 fully saturated rings. The minimum absolute atomic E-state index is 0.0986. The quantitative estimate of drug-likeness (QED) is 0.879. The number of hydrogen-bond acceptors (Lipinski definition) is 3. The maximum absolute atomic E-state index is 11.8. The highest BCUT2D eigenvalue weighted by Crippen LogP contribution is 2.24. The van der Waals surface area contributed by atoms with E-state index in [0.29, 0.717) is 11.3 Å². The Balaban J connectivity index is 1.94. The van der Waals surface area contributed by atoms with Crippen LogP contribution in [0.2, 0.25) is 0 Å². The third kappa shape index (κ3) is 3.83. The summed E-state index contributed by atoms with van der Waals surface area (Å²) in [5.74, 6) is 0.280. The summed E-state index contributed by atoms with van der Waals surface area (Å²) in [7, 11) is 0. The predicted molar refractivity (Wildman–Crippen MR) is 77.6 cm³/mol. The number of nitrogens with one attached hydrogen (secondary N) is 1. The van der Waals surface area contributed by atoms with Crippen molar-refractivity contribution in [2.24, 2.45) is 0 Å². The molecule has 0 heterocycles. The first-order valence-electron chi connectivity index (χ1n) is 6.41. The van der Waals surface area contributed by atoms with Gasteiger partial charge < -0.3 is 15.2 Å². The molecule has 0 aromatic heterocycles. The summed E-state index contributed by atoms with van der Waals surface area (Å²) in [4.78, 5) is 11.8. The third-order valence-electron chi connectivity index (χ3n) is 2.79. The molecule has 2 rings (SSSR count). The standard InChI is InChI=1S/C16H17NO3/c1-12(18)14-9-5-6-10-15(14)20-11-16(19)17-13-7-3-2-4-8-13/h2-10,12,18H,11H2,1H3,(H,17,19)/t12-/m0/s1. The van der Waals surface area contributed by atoms with Crippen molar-refractivity contribution >= 4 is 11.6 Å². The van der Waals surface area contributed by atoms with Gasteiger partial charge in [0.15, 0.2) is 6.61 Å². The Bertz CT molecular complexity index is 567. The summed E-state index contributed by atoms with van der Waals surface area (Å²) in [6.07, 6.45) is -0.636. The molecule has 0 saturated heterocycles. The highest BCUT2D eigenvalue weighted by molar-refractivity contribution is 5.91. The van der Waals surface area contributed by atoms with Gasteiger partial charge in [-0.1, -0.05) is 36.4 Å². The van der Waals surface area contributed by atoms with Crippen molar-refractivity contribution < 1.29 is 14.6 Å². The molecule has 2 aromatic carbocycles. The number of ether oxygens (including phenoxy) is 1. The van der Waals surface area contributed by atoms with Crippen molar-refractivity contribution in [2.45, 2.75) is 13.0 Å². The lowest BCUT2D eigenvalue weighted by Crippen LogP contribution is -2.20. The highest BCUT2D eigenvalue weighted by atomic mass is 16.5. The number of carbonyl (C=O) groups is 1. The molecule has 0 aliphatic heterocycles. The van der Waals surface area contributed by atoms with Crippen molar-refractivity contribution in [2.75, 3.05) is 11.9 Å². The molecule has 2 N–H and O–H groups in total. The SMILES string of the molecule is C[C@H](O)c1ccccc1OCC(=O)Nc1ccccc1. The molecule has 0 unspecified atom stereocenters. The Labute approximate surface area is 118 Å². The van der Waals surface area contributed by atoms with E-state index < -0.39 is 6.10 Å². The maximum atomic E-state index is 11.8. The zero-order valence-electron chi connectivity index (χ0n) is 11.2. The van der Waals surface area contributed by atoms with E-state index in [2.05, 4.69) is 5.32 Å². The van der Waals surface area contributed by atoms with Crippen LogP contribution in [0.25, 0.3) is 0 Å². The monoisotopic (exact) mass is 271 g/mol. The van der Waals surface area contributed by atoms with E-state index in [1.807, 2.05) is 36.4 Å². The smallest absolute Gasteiger partial charge is 0.262 e. The van der Waals surface area contributed by atoms with Crippen LogP contribution in [0.3, 0.4) is 0 Å². The van der Waals surface area contributed by atoms with Crippen molar-refractivity contribution in [1.29, 1.82) is 0 Å². The number of amides is 1. The molecule has 4 heteroatoms. The number of aliphatic hydroxyl groups excluding tert-OH is 1. The minimum Gasteiger partial charge on any atom is -0.483 e. The van der Waals surface area contributed by atoms with Gasteiger partial charge in [-0.15, -0.1) is 0 Å². The second-order valence-electron chi connectivity index (χ2n) is 4.42. The largest absolute Gasteiger partial charge is 0.483 e. The Hall–Kier alpha value is -2.33. The molecule has 4 nitrogen and oxygen atoms in total. The average Bonchev–Trinajstić information content (AvgIpc) is 2.46. The van der Waals surface area contributed by atoms with E-state index >= 15 is 0 Å². The van der Waals surface area contributed by atoms with Crippen LogP contribution < -0.4 is 10.1 Å². The minimum atomic E-state index is -0.636. The topological polar surface area (TPSA) is 58.6 Å². The molecular formula is C16H17NO3. The zero-order chi connectivity index (χ0) is 14.4. The summed E-state index contributed by atoms with van der Waals surface area (Å²) in [6, 6.07) is 16.3. The summed E-state index contributed by atoms with van der Waals surface area (Å²) in [6.45, 7) is 1.56. The van der Waals surface area contributed by atoms with Gasteiger partial charge >= 0.3 is 0 Å². The number of benzene rings is 2. The molecule has 0 saturated carbocycles. The van der Waals surface area contributed by atoms with E-state index in [1.165, 1.54) is 0 Å². The fraction of sp³-hybridized carbons (Fsp3) is 0.188. The van der Waals surface area contributed by atoms with Crippen LogP contribution in [-0.2, 0) is 4.79 Å². The molecule has 2 aromatic rings. The number of aliphatic hydroxyl groups is 1. The fourth-order valence-electron chi connectivity index (χ4n) is 1.82. The lowest BCUT2D eigenvalue weighted by atomic mass is 10.1. The number of para-hydroxylation sites is 2. The van der Waals surface area contributed by atoms with Gasteiger partial charge in [-0.25, -0.2) is 0 Å². The molecule has 1 atom stereocenters. The molecule has 0 radical (unpaired) electrons. The first kappa shape index (κ1) is 14.1. The van der Waals surface area contributed by atoms with E-state index in [9.17, 15) is 9.90 Å². The lowest BCUT2D eigenvalue weighted by molar-refractivity contribution is -0.118. The first-order valence-corrected chi connectivity index (χ1v) is 6.41. The van der Waals surface area contributed by atoms with Gasteiger partial charge in [0.05, 0.1) is 6.10 Å². The third-order valence-corrected chi connectivity index (χ3v) is 2.79. The predicted octanol–water partition coefficient (Wildman–Crippen LogP) is 2.76. The van der Waals surface area contributed by atoms with Gasteiger partial charge in [0, 0.05) is 11.3 Å². The number of carbonyl (C=O) groups excluding carboxylic acids is 1. The normalized spacial score (nSPS) is 11.7. The number of rotatable bonds is 5. The van der Waals surface area contributed by atoms with Crippen LogP contribution in [0, 0.1) is 0 Å². The molecule has 104 valence electrons. The van der Waals surface area contributed by atoms with Crippen molar-refractivity contribution in [3.63, 3.8) is 0 Å². The van der Waals surface area contributed by atoms with Crippen LogP contribution >= 0.6 is 0 Å². The fourth-order valence-corrected chi connectivity index (χ4v) is 1.82. The van der Waals surface area contributed by atoms with Crippen molar-refractivity contribution in [1.82, 2.24) is 0 Å². The van der Waals surface area contributed by atoms with Crippen LogP contribution in [-0.4, -0.2) is 17.6 Å². The summed E-state index contributed by atoms with van der Waals surface area (Å²) >= 11 is 0. The molecule has 1 amide bonds. The summed E-state index contributed by atoms with van der Waals surface area (Å²) in [5.41, 5.74) is 1.39. The van der Waals surface area contributed by atoms with Crippen LogP contribution in [0.4, 0.5) is 5.69 Å². The van der Waals surface area contributed by atoms with Gasteiger partial charge in [-0.3, -0.25) is 4.79 Å². The van der Waals surface area contributed by atoms with Gasteiger partial charge in [0.2, 0.25) is 0 Å². The van der Waals surface area contributed by atoms with Gasteiger partial charge in [-0.2, -0.15) is 0 Å². The van der Waals surface area contributed by atoms with Crippen molar-refractivity contribution in [3.05, 3.63) is 60.2 Å². The maximum Gasteiger partial charge on any atom is 0.262 e.